The molecule has 5 heterocycles. The molecule has 1 saturated heterocycles. The largest absolute Gasteiger partial charge is 0.444 e. The number of carbonyl (C=O) groups is 1. The maximum atomic E-state index is 12.3. The third-order valence-corrected chi connectivity index (χ3v) is 9.39. The van der Waals surface area contributed by atoms with E-state index < -0.39 is 13.7 Å². The highest BCUT2D eigenvalue weighted by atomic mass is 35.5. The van der Waals surface area contributed by atoms with Gasteiger partial charge in [0, 0.05) is 57.2 Å². The zero-order valence-electron chi connectivity index (χ0n) is 26.4. The normalized spacial score (nSPS) is 14.7. The first-order valence-corrected chi connectivity index (χ1v) is 19.2. The number of carbonyl (C=O) groups excluding carboxylic acids is 1. The van der Waals surface area contributed by atoms with Crippen LogP contribution in [-0.2, 0) is 16.2 Å². The number of hydrogen-bond acceptors (Lipinski definition) is 8. The number of pyridine rings is 3. The molecule has 10 nitrogen and oxygen atoms in total. The molecule has 4 aromatic rings. The number of anilines is 1. The molecule has 5 rings (SSSR count). The molecular formula is C32H42ClN7O3Si. The highest BCUT2D eigenvalue weighted by Crippen LogP contribution is 2.34. The highest BCUT2D eigenvalue weighted by molar-refractivity contribution is 6.76. The summed E-state index contributed by atoms with van der Waals surface area (Å²) in [4.78, 5) is 28.5. The van der Waals surface area contributed by atoms with Crippen molar-refractivity contribution in [3.8, 4) is 22.6 Å². The van der Waals surface area contributed by atoms with Crippen LogP contribution in [0.1, 0.15) is 33.6 Å². The van der Waals surface area contributed by atoms with Crippen LogP contribution in [0.3, 0.4) is 0 Å². The van der Waals surface area contributed by atoms with Crippen LogP contribution in [0.5, 0.6) is 0 Å². The molecule has 44 heavy (non-hydrogen) atoms. The summed E-state index contributed by atoms with van der Waals surface area (Å²) in [5.41, 5.74) is 3.52. The summed E-state index contributed by atoms with van der Waals surface area (Å²) in [6, 6.07) is 10.8. The molecule has 1 N–H and O–H groups in total. The van der Waals surface area contributed by atoms with Crippen LogP contribution >= 0.6 is 11.6 Å². The van der Waals surface area contributed by atoms with E-state index in [2.05, 4.69) is 34.8 Å². The van der Waals surface area contributed by atoms with Crippen molar-refractivity contribution in [2.45, 2.75) is 77.7 Å². The number of alkyl carbamates (subject to hydrolysis) is 1. The molecule has 0 unspecified atom stereocenters. The molecular weight excluding hydrogens is 594 g/mol. The number of amides is 1. The standard InChI is InChI=1S/C32H42ClN7O3Si/c1-32(2,3)43-31(41)36-23-11-14-39(15-12-23)30-25(33)9-10-26(37-30)29-24-18-27(22-8-7-13-34-19-22)35-20-28(24)40(38-29)21-42-16-17-44(4,5)6/h7-10,13,18-20,23H,11-12,14-17,21H2,1-6H3,(H,36,41). The fourth-order valence-corrected chi connectivity index (χ4v) is 6.04. The van der Waals surface area contributed by atoms with Crippen LogP contribution in [0.2, 0.25) is 30.7 Å². The minimum absolute atomic E-state index is 0.0297. The number of halogens is 1. The molecule has 0 spiro atoms. The van der Waals surface area contributed by atoms with Crippen LogP contribution in [0.4, 0.5) is 10.6 Å². The van der Waals surface area contributed by atoms with Crippen LogP contribution in [0.15, 0.2) is 48.9 Å². The van der Waals surface area contributed by atoms with E-state index >= 15 is 0 Å². The first kappa shape index (κ1) is 31.9. The van der Waals surface area contributed by atoms with Crippen molar-refractivity contribution in [3.63, 3.8) is 0 Å². The van der Waals surface area contributed by atoms with Crippen molar-refractivity contribution >= 4 is 42.5 Å². The van der Waals surface area contributed by atoms with Crippen molar-refractivity contribution in [3.05, 3.63) is 53.9 Å². The number of aromatic nitrogens is 5. The zero-order chi connectivity index (χ0) is 31.5. The molecule has 0 radical (unpaired) electrons. The molecule has 234 valence electrons. The lowest BCUT2D eigenvalue weighted by Crippen LogP contribution is -2.46. The van der Waals surface area contributed by atoms with Gasteiger partial charge in [-0.05, 0) is 70.0 Å². The van der Waals surface area contributed by atoms with Gasteiger partial charge in [0.2, 0.25) is 0 Å². The smallest absolute Gasteiger partial charge is 0.407 e. The van der Waals surface area contributed by atoms with Crippen molar-refractivity contribution in [1.29, 1.82) is 0 Å². The Hall–Kier alpha value is -3.54. The van der Waals surface area contributed by atoms with E-state index in [0.717, 1.165) is 46.7 Å². The SMILES string of the molecule is CC(C)(C)OC(=O)NC1CCN(c2nc(-c3nn(COCC[Si](C)(C)C)c4cnc(-c5cccnc5)cc34)ccc2Cl)CC1. The third-order valence-electron chi connectivity index (χ3n) is 7.39. The Morgan fingerprint density at radius 3 is 2.57 bits per heavy atom. The molecule has 0 aliphatic carbocycles. The summed E-state index contributed by atoms with van der Waals surface area (Å²) in [5.74, 6) is 0.704. The summed E-state index contributed by atoms with van der Waals surface area (Å²) in [5, 5.41) is 9.47. The van der Waals surface area contributed by atoms with Crippen LogP contribution in [0.25, 0.3) is 33.5 Å². The molecule has 0 saturated carbocycles. The average Bonchev–Trinajstić information content (AvgIpc) is 3.33. The van der Waals surface area contributed by atoms with Crippen LogP contribution < -0.4 is 10.2 Å². The topological polar surface area (TPSA) is 107 Å². The Balaban J connectivity index is 1.41. The Labute approximate surface area is 265 Å². The third kappa shape index (κ3) is 8.13. The quantitative estimate of drug-likeness (QED) is 0.155. The predicted molar refractivity (Wildman–Crippen MR) is 178 cm³/mol. The number of fused-ring (bicyclic) bond motifs is 1. The maximum Gasteiger partial charge on any atom is 0.407 e. The Morgan fingerprint density at radius 1 is 1.11 bits per heavy atom. The first-order chi connectivity index (χ1) is 20.9. The van der Waals surface area contributed by atoms with E-state index in [-0.39, 0.29) is 12.1 Å². The van der Waals surface area contributed by atoms with E-state index in [9.17, 15) is 4.79 Å². The molecule has 0 bridgehead atoms. The Bertz CT molecular complexity index is 1590. The molecule has 1 aliphatic rings. The molecule has 0 atom stereocenters. The first-order valence-electron chi connectivity index (χ1n) is 15.1. The lowest BCUT2D eigenvalue weighted by molar-refractivity contribution is 0.0497. The monoisotopic (exact) mass is 635 g/mol. The summed E-state index contributed by atoms with van der Waals surface area (Å²) >= 11 is 6.71. The second kappa shape index (κ2) is 13.2. The van der Waals surface area contributed by atoms with Crippen molar-refractivity contribution in [2.75, 3.05) is 24.6 Å². The number of hydrogen-bond donors (Lipinski definition) is 1. The van der Waals surface area contributed by atoms with Crippen LogP contribution in [-0.4, -0.2) is 70.2 Å². The maximum absolute atomic E-state index is 12.3. The van der Waals surface area contributed by atoms with Gasteiger partial charge in [-0.2, -0.15) is 5.10 Å². The van der Waals surface area contributed by atoms with Gasteiger partial charge in [0.25, 0.3) is 0 Å². The number of piperidine rings is 1. The lowest BCUT2D eigenvalue weighted by Gasteiger charge is -2.34. The highest BCUT2D eigenvalue weighted by Gasteiger charge is 2.26. The van der Waals surface area contributed by atoms with E-state index in [1.165, 1.54) is 0 Å². The molecule has 12 heteroatoms. The Morgan fingerprint density at radius 2 is 1.89 bits per heavy atom. The number of nitrogens with zero attached hydrogens (tertiary/aromatic N) is 6. The van der Waals surface area contributed by atoms with Gasteiger partial charge in [-0.3, -0.25) is 9.97 Å². The van der Waals surface area contributed by atoms with Crippen molar-refractivity contribution in [2.24, 2.45) is 0 Å². The second-order valence-corrected chi connectivity index (χ2v) is 19.5. The molecule has 1 amide bonds. The van der Waals surface area contributed by atoms with Gasteiger partial charge in [-0.1, -0.05) is 31.2 Å². The van der Waals surface area contributed by atoms with Gasteiger partial charge in [0.1, 0.15) is 23.8 Å². The molecule has 1 aliphatic heterocycles. The van der Waals surface area contributed by atoms with E-state index in [1.54, 1.807) is 12.4 Å². The van der Waals surface area contributed by atoms with E-state index in [1.807, 2.05) is 62.0 Å². The Kier molecular flexibility index (Phi) is 9.57. The van der Waals surface area contributed by atoms with E-state index in [0.29, 0.717) is 43.0 Å². The van der Waals surface area contributed by atoms with Gasteiger partial charge >= 0.3 is 6.09 Å². The lowest BCUT2D eigenvalue weighted by atomic mass is 10.1. The van der Waals surface area contributed by atoms with Gasteiger partial charge < -0.3 is 19.7 Å². The minimum Gasteiger partial charge on any atom is -0.444 e. The van der Waals surface area contributed by atoms with Gasteiger partial charge in [-0.25, -0.2) is 14.5 Å². The van der Waals surface area contributed by atoms with Crippen LogP contribution in [0, 0.1) is 0 Å². The predicted octanol–water partition coefficient (Wildman–Crippen LogP) is 7.01. The summed E-state index contributed by atoms with van der Waals surface area (Å²) in [7, 11) is -1.22. The summed E-state index contributed by atoms with van der Waals surface area (Å²) in [6.45, 7) is 15.0. The zero-order valence-corrected chi connectivity index (χ0v) is 28.2. The summed E-state index contributed by atoms with van der Waals surface area (Å²) in [6.07, 6.45) is 6.52. The van der Waals surface area contributed by atoms with Gasteiger partial charge in [-0.15, -0.1) is 0 Å². The fourth-order valence-electron chi connectivity index (χ4n) is 5.06. The van der Waals surface area contributed by atoms with Crippen molar-refractivity contribution < 1.29 is 14.3 Å². The number of rotatable bonds is 9. The van der Waals surface area contributed by atoms with E-state index in [4.69, 9.17) is 36.1 Å². The number of nitrogens with one attached hydrogen (secondary N) is 1. The minimum atomic E-state index is -1.22. The summed E-state index contributed by atoms with van der Waals surface area (Å²) < 4.78 is 13.4. The molecule has 4 aromatic heterocycles. The fraction of sp³-hybridized carbons (Fsp3) is 0.469. The number of ether oxygens (including phenoxy) is 2. The van der Waals surface area contributed by atoms with Gasteiger partial charge in [0.05, 0.1) is 28.1 Å². The van der Waals surface area contributed by atoms with Crippen molar-refractivity contribution in [1.82, 2.24) is 30.0 Å². The van der Waals surface area contributed by atoms with Gasteiger partial charge in [0.15, 0.2) is 0 Å². The second-order valence-electron chi connectivity index (χ2n) is 13.4. The average molecular weight is 636 g/mol. The molecule has 0 aromatic carbocycles. The molecule has 1 fully saturated rings.